The van der Waals surface area contributed by atoms with E-state index < -0.39 is 15.9 Å². The molecule has 160 valence electrons. The van der Waals surface area contributed by atoms with Crippen molar-refractivity contribution in [3.63, 3.8) is 0 Å². The van der Waals surface area contributed by atoms with Crippen molar-refractivity contribution in [1.29, 1.82) is 0 Å². The third kappa shape index (κ3) is 4.41. The Morgan fingerprint density at radius 2 is 1.83 bits per heavy atom. The molecule has 9 heteroatoms. The number of likely N-dealkylation sites (tertiary alicyclic amines) is 1. The number of anilines is 1. The van der Waals surface area contributed by atoms with E-state index in [1.54, 1.807) is 23.1 Å². The molecule has 2 aromatic rings. The molecule has 2 saturated heterocycles. The van der Waals surface area contributed by atoms with Gasteiger partial charge in [0.1, 0.15) is 0 Å². The van der Waals surface area contributed by atoms with Crippen LogP contribution in [0, 0.1) is 0 Å². The molecule has 3 heterocycles. The zero-order valence-corrected chi connectivity index (χ0v) is 17.5. The van der Waals surface area contributed by atoms with Crippen LogP contribution in [0.1, 0.15) is 48.2 Å². The maximum absolute atomic E-state index is 12.7. The standard InChI is InChI=1S/C21H25N3O5S/c25-19-8-5-11-23(19)15-16-6-4-7-17(14-16)22-21(26)18-9-10-20(29-18)30(27,28)24-12-2-1-3-13-24/h4,6-7,9-10,14H,1-3,5,8,11-13,15H2,(H,22,26). The lowest BCUT2D eigenvalue weighted by Gasteiger charge is -2.24. The van der Waals surface area contributed by atoms with Gasteiger partial charge in [-0.25, -0.2) is 8.42 Å². The fourth-order valence-electron chi connectivity index (χ4n) is 3.85. The van der Waals surface area contributed by atoms with Gasteiger partial charge in [0.25, 0.3) is 15.9 Å². The van der Waals surface area contributed by atoms with Gasteiger partial charge < -0.3 is 14.6 Å². The molecule has 0 saturated carbocycles. The van der Waals surface area contributed by atoms with Crippen molar-refractivity contribution in [2.45, 2.75) is 43.7 Å². The molecular weight excluding hydrogens is 406 g/mol. The van der Waals surface area contributed by atoms with Crippen molar-refractivity contribution in [1.82, 2.24) is 9.21 Å². The van der Waals surface area contributed by atoms with Gasteiger partial charge in [-0.2, -0.15) is 4.31 Å². The van der Waals surface area contributed by atoms with E-state index in [0.717, 1.165) is 37.8 Å². The monoisotopic (exact) mass is 431 g/mol. The largest absolute Gasteiger partial charge is 0.438 e. The highest BCUT2D eigenvalue weighted by Gasteiger charge is 2.29. The molecule has 1 aromatic carbocycles. The van der Waals surface area contributed by atoms with Crippen molar-refractivity contribution >= 4 is 27.5 Å². The third-order valence-corrected chi connectivity index (χ3v) is 7.22. The van der Waals surface area contributed by atoms with Crippen molar-refractivity contribution in [3.05, 3.63) is 47.7 Å². The lowest BCUT2D eigenvalue weighted by molar-refractivity contribution is -0.128. The van der Waals surface area contributed by atoms with E-state index in [1.807, 2.05) is 6.07 Å². The molecular formula is C21H25N3O5S. The number of benzene rings is 1. The number of nitrogens with one attached hydrogen (secondary N) is 1. The van der Waals surface area contributed by atoms with E-state index in [2.05, 4.69) is 5.32 Å². The maximum Gasteiger partial charge on any atom is 0.291 e. The second-order valence-electron chi connectivity index (χ2n) is 7.66. The number of hydrogen-bond donors (Lipinski definition) is 1. The number of amides is 2. The summed E-state index contributed by atoms with van der Waals surface area (Å²) in [5, 5.41) is 2.52. The lowest BCUT2D eigenvalue weighted by atomic mass is 10.2. The molecule has 0 atom stereocenters. The summed E-state index contributed by atoms with van der Waals surface area (Å²) in [6.07, 6.45) is 4.12. The summed E-state index contributed by atoms with van der Waals surface area (Å²) in [6, 6.07) is 9.95. The SMILES string of the molecule is O=C(Nc1cccc(CN2CCCC2=O)c1)c1ccc(S(=O)(=O)N2CCCCC2)o1. The Bertz CT molecular complexity index is 1040. The Kier molecular flexibility index (Phi) is 5.92. The smallest absolute Gasteiger partial charge is 0.291 e. The van der Waals surface area contributed by atoms with Gasteiger partial charge in [0.15, 0.2) is 5.76 Å². The van der Waals surface area contributed by atoms with Gasteiger partial charge in [0.05, 0.1) is 0 Å². The summed E-state index contributed by atoms with van der Waals surface area (Å²) < 4.78 is 32.2. The number of furan rings is 1. The summed E-state index contributed by atoms with van der Waals surface area (Å²) >= 11 is 0. The molecule has 0 radical (unpaired) electrons. The number of carbonyl (C=O) groups is 2. The van der Waals surface area contributed by atoms with E-state index in [1.165, 1.54) is 16.4 Å². The third-order valence-electron chi connectivity index (χ3n) is 5.44. The Balaban J connectivity index is 1.43. The van der Waals surface area contributed by atoms with Gasteiger partial charge in [0, 0.05) is 38.3 Å². The number of hydrogen-bond acceptors (Lipinski definition) is 5. The molecule has 0 bridgehead atoms. The number of carbonyl (C=O) groups excluding carboxylic acids is 2. The van der Waals surface area contributed by atoms with Crippen LogP contribution in [-0.4, -0.2) is 49.1 Å². The Hall–Kier alpha value is -2.65. The molecule has 4 rings (SSSR count). The van der Waals surface area contributed by atoms with Crippen LogP contribution < -0.4 is 5.32 Å². The van der Waals surface area contributed by atoms with Crippen LogP contribution in [0.3, 0.4) is 0 Å². The van der Waals surface area contributed by atoms with Gasteiger partial charge in [-0.15, -0.1) is 0 Å². The lowest BCUT2D eigenvalue weighted by Crippen LogP contribution is -2.35. The highest BCUT2D eigenvalue weighted by Crippen LogP contribution is 2.23. The minimum absolute atomic E-state index is 0.0642. The van der Waals surface area contributed by atoms with E-state index in [4.69, 9.17) is 4.42 Å². The quantitative estimate of drug-likeness (QED) is 0.758. The van der Waals surface area contributed by atoms with E-state index in [-0.39, 0.29) is 16.8 Å². The Morgan fingerprint density at radius 1 is 1.03 bits per heavy atom. The van der Waals surface area contributed by atoms with Gasteiger partial charge in [0.2, 0.25) is 11.0 Å². The molecule has 1 N–H and O–H groups in total. The summed E-state index contributed by atoms with van der Waals surface area (Å²) in [7, 11) is -3.72. The Labute approximate surface area is 175 Å². The zero-order chi connectivity index (χ0) is 21.1. The topological polar surface area (TPSA) is 99.9 Å². The highest BCUT2D eigenvalue weighted by molar-refractivity contribution is 7.89. The number of rotatable bonds is 6. The first-order valence-electron chi connectivity index (χ1n) is 10.2. The van der Waals surface area contributed by atoms with Crippen LogP contribution in [0.15, 0.2) is 45.9 Å². The van der Waals surface area contributed by atoms with E-state index in [0.29, 0.717) is 31.7 Å². The molecule has 1 aromatic heterocycles. The Morgan fingerprint density at radius 3 is 2.57 bits per heavy atom. The van der Waals surface area contributed by atoms with Gasteiger partial charge in [-0.3, -0.25) is 9.59 Å². The summed E-state index contributed by atoms with van der Waals surface area (Å²) in [6.45, 7) is 2.19. The average molecular weight is 432 g/mol. The van der Waals surface area contributed by atoms with Crippen LogP contribution in [0.25, 0.3) is 0 Å². The van der Waals surface area contributed by atoms with Crippen LogP contribution in [0.4, 0.5) is 5.69 Å². The number of sulfonamides is 1. The van der Waals surface area contributed by atoms with E-state index in [9.17, 15) is 18.0 Å². The second-order valence-corrected chi connectivity index (χ2v) is 9.53. The summed E-state index contributed by atoms with van der Waals surface area (Å²) in [4.78, 5) is 26.2. The first-order valence-corrected chi connectivity index (χ1v) is 11.7. The number of piperidine rings is 1. The molecule has 0 aliphatic carbocycles. The molecule has 2 fully saturated rings. The van der Waals surface area contributed by atoms with Gasteiger partial charge in [-0.1, -0.05) is 18.6 Å². The summed E-state index contributed by atoms with van der Waals surface area (Å²) in [5.41, 5.74) is 1.47. The molecule has 30 heavy (non-hydrogen) atoms. The summed E-state index contributed by atoms with van der Waals surface area (Å²) in [5.74, 6) is -0.447. The molecule has 8 nitrogen and oxygen atoms in total. The zero-order valence-electron chi connectivity index (χ0n) is 16.7. The predicted octanol–water partition coefficient (Wildman–Crippen LogP) is 2.83. The molecule has 2 aliphatic heterocycles. The van der Waals surface area contributed by atoms with Crippen LogP contribution >= 0.6 is 0 Å². The van der Waals surface area contributed by atoms with Gasteiger partial charge >= 0.3 is 0 Å². The predicted molar refractivity (Wildman–Crippen MR) is 110 cm³/mol. The fourth-order valence-corrected chi connectivity index (χ4v) is 5.27. The van der Waals surface area contributed by atoms with E-state index >= 15 is 0 Å². The first kappa shape index (κ1) is 20.6. The molecule has 2 amide bonds. The van der Waals surface area contributed by atoms with Crippen LogP contribution in [-0.2, 0) is 21.4 Å². The molecule has 0 spiro atoms. The van der Waals surface area contributed by atoms with Crippen LogP contribution in [0.5, 0.6) is 0 Å². The molecule has 2 aliphatic rings. The molecule has 0 unspecified atom stereocenters. The van der Waals surface area contributed by atoms with Crippen LogP contribution in [0.2, 0.25) is 0 Å². The minimum Gasteiger partial charge on any atom is -0.438 e. The second kappa shape index (κ2) is 8.61. The average Bonchev–Trinajstić information content (AvgIpc) is 3.39. The fraction of sp³-hybridized carbons (Fsp3) is 0.429. The van der Waals surface area contributed by atoms with Gasteiger partial charge in [-0.05, 0) is 49.1 Å². The van der Waals surface area contributed by atoms with Crippen molar-refractivity contribution in [3.8, 4) is 0 Å². The first-order chi connectivity index (χ1) is 14.4. The maximum atomic E-state index is 12.7. The van der Waals surface area contributed by atoms with Crippen molar-refractivity contribution < 1.29 is 22.4 Å². The van der Waals surface area contributed by atoms with Crippen molar-refractivity contribution in [2.75, 3.05) is 25.0 Å². The normalized spacial score (nSPS) is 18.0. The number of nitrogens with zero attached hydrogens (tertiary/aromatic N) is 2. The van der Waals surface area contributed by atoms with Crippen molar-refractivity contribution in [2.24, 2.45) is 0 Å². The minimum atomic E-state index is -3.72. The highest BCUT2D eigenvalue weighted by atomic mass is 32.2.